The molecule has 0 aliphatic carbocycles. The van der Waals surface area contributed by atoms with Crippen molar-refractivity contribution in [2.45, 2.75) is 37.7 Å². The van der Waals surface area contributed by atoms with E-state index in [9.17, 15) is 0 Å². The zero-order valence-electron chi connectivity index (χ0n) is 11.9. The van der Waals surface area contributed by atoms with E-state index in [0.29, 0.717) is 17.3 Å². The molecule has 3 rings (SSSR count). The minimum atomic E-state index is 0.641. The number of aryl methyl sites for hydroxylation is 1. The van der Waals surface area contributed by atoms with E-state index in [1.165, 1.54) is 0 Å². The maximum atomic E-state index is 5.28. The molecule has 0 aliphatic heterocycles. The molecule has 0 spiro atoms. The molecular formula is C14H16N4O2S. The molecule has 110 valence electrons. The van der Waals surface area contributed by atoms with Crippen LogP contribution >= 0.6 is 11.8 Å². The van der Waals surface area contributed by atoms with E-state index in [2.05, 4.69) is 26.8 Å². The average molecular weight is 304 g/mol. The third-order valence-electron chi connectivity index (χ3n) is 3.02. The summed E-state index contributed by atoms with van der Waals surface area (Å²) in [5, 5.41) is 13.3. The van der Waals surface area contributed by atoms with Gasteiger partial charge in [-0.05, 0) is 25.5 Å². The number of nitrogens with zero attached hydrogens (tertiary/aromatic N) is 4. The lowest BCUT2D eigenvalue weighted by Crippen LogP contribution is -2.01. The van der Waals surface area contributed by atoms with Crippen LogP contribution < -0.4 is 0 Å². The first kappa shape index (κ1) is 13.9. The molecule has 0 fully saturated rings. The summed E-state index contributed by atoms with van der Waals surface area (Å²) in [7, 11) is 0. The van der Waals surface area contributed by atoms with E-state index in [1.807, 2.05) is 25.1 Å². The first-order chi connectivity index (χ1) is 10.3. The first-order valence-corrected chi connectivity index (χ1v) is 7.78. The normalized spacial score (nSPS) is 11.1. The third kappa shape index (κ3) is 3.02. The Labute approximate surface area is 126 Å². The van der Waals surface area contributed by atoms with Crippen LogP contribution in [0.2, 0.25) is 0 Å². The van der Waals surface area contributed by atoms with Crippen LogP contribution in [0.5, 0.6) is 0 Å². The van der Waals surface area contributed by atoms with Crippen molar-refractivity contribution < 1.29 is 8.94 Å². The monoisotopic (exact) mass is 304 g/mol. The van der Waals surface area contributed by atoms with Crippen molar-refractivity contribution in [2.24, 2.45) is 0 Å². The lowest BCUT2D eigenvalue weighted by Gasteiger charge is -2.05. The van der Waals surface area contributed by atoms with Crippen molar-refractivity contribution in [2.75, 3.05) is 0 Å². The summed E-state index contributed by atoms with van der Waals surface area (Å²) < 4.78 is 12.7. The van der Waals surface area contributed by atoms with E-state index < -0.39 is 0 Å². The summed E-state index contributed by atoms with van der Waals surface area (Å²) >= 11 is 1.61. The third-order valence-corrected chi connectivity index (χ3v) is 4.02. The zero-order chi connectivity index (χ0) is 14.7. The van der Waals surface area contributed by atoms with Crippen molar-refractivity contribution in [3.63, 3.8) is 0 Å². The van der Waals surface area contributed by atoms with Gasteiger partial charge < -0.3 is 13.5 Å². The Hall–Kier alpha value is -2.02. The molecule has 7 heteroatoms. The van der Waals surface area contributed by atoms with E-state index in [-0.39, 0.29) is 0 Å². The molecule has 21 heavy (non-hydrogen) atoms. The Kier molecular flexibility index (Phi) is 4.10. The molecule has 0 saturated heterocycles. The molecule has 0 unspecified atom stereocenters. The number of furan rings is 1. The molecule has 0 aliphatic rings. The minimum Gasteiger partial charge on any atom is -0.461 e. The highest BCUT2D eigenvalue weighted by Crippen LogP contribution is 2.25. The molecule has 0 amide bonds. The van der Waals surface area contributed by atoms with Crippen molar-refractivity contribution >= 4 is 11.8 Å². The molecule has 3 aromatic heterocycles. The van der Waals surface area contributed by atoms with Crippen LogP contribution in [-0.4, -0.2) is 19.9 Å². The van der Waals surface area contributed by atoms with Gasteiger partial charge in [0.25, 0.3) is 0 Å². The highest BCUT2D eigenvalue weighted by atomic mass is 32.2. The molecule has 3 heterocycles. The van der Waals surface area contributed by atoms with Crippen LogP contribution in [0.25, 0.3) is 11.5 Å². The van der Waals surface area contributed by atoms with E-state index in [0.717, 1.165) is 29.6 Å². The number of rotatable bonds is 6. The molecular weight excluding hydrogens is 288 g/mol. The Morgan fingerprint density at radius 3 is 2.95 bits per heavy atom. The molecule has 6 nitrogen and oxygen atoms in total. The van der Waals surface area contributed by atoms with Gasteiger partial charge in [0.2, 0.25) is 5.76 Å². The Morgan fingerprint density at radius 2 is 2.19 bits per heavy atom. The topological polar surface area (TPSA) is 69.9 Å². The Bertz CT molecular complexity index is 702. The highest BCUT2D eigenvalue weighted by molar-refractivity contribution is 7.98. The molecule has 0 radical (unpaired) electrons. The summed E-state index contributed by atoms with van der Waals surface area (Å²) in [6.07, 6.45) is 2.67. The molecule has 0 saturated carbocycles. The molecule has 0 atom stereocenters. The van der Waals surface area contributed by atoms with Crippen LogP contribution in [0.15, 0.2) is 38.6 Å². The van der Waals surface area contributed by atoms with Gasteiger partial charge in [-0.1, -0.05) is 23.8 Å². The second kappa shape index (κ2) is 6.17. The van der Waals surface area contributed by atoms with Gasteiger partial charge in [0.15, 0.2) is 10.9 Å². The lowest BCUT2D eigenvalue weighted by atomic mass is 10.3. The van der Waals surface area contributed by atoms with Crippen molar-refractivity contribution in [3.05, 3.63) is 36.0 Å². The number of aromatic nitrogens is 4. The summed E-state index contributed by atoms with van der Waals surface area (Å²) in [6, 6.07) is 5.56. The predicted molar refractivity (Wildman–Crippen MR) is 78.8 cm³/mol. The Morgan fingerprint density at radius 1 is 1.29 bits per heavy atom. The molecule has 0 bridgehead atoms. The second-order valence-corrected chi connectivity index (χ2v) is 5.57. The maximum Gasteiger partial charge on any atom is 0.202 e. The second-order valence-electron chi connectivity index (χ2n) is 4.63. The zero-order valence-corrected chi connectivity index (χ0v) is 12.8. The molecule has 0 aromatic carbocycles. The van der Waals surface area contributed by atoms with Gasteiger partial charge in [0.05, 0.1) is 12.0 Å². The molecule has 0 N–H and O–H groups in total. The van der Waals surface area contributed by atoms with Gasteiger partial charge in [0.1, 0.15) is 5.82 Å². The highest BCUT2D eigenvalue weighted by Gasteiger charge is 2.12. The van der Waals surface area contributed by atoms with Gasteiger partial charge in [-0.15, -0.1) is 10.2 Å². The summed E-state index contributed by atoms with van der Waals surface area (Å²) in [5.41, 5.74) is 0.857. The average Bonchev–Trinajstić information content (AvgIpc) is 3.19. The SMILES string of the molecule is CCCn1c(C)nnc1SCc1cc(-c2ccco2)on1. The van der Waals surface area contributed by atoms with Crippen molar-refractivity contribution in [3.8, 4) is 11.5 Å². The number of hydrogen-bond donors (Lipinski definition) is 0. The van der Waals surface area contributed by atoms with Gasteiger partial charge >= 0.3 is 0 Å². The summed E-state index contributed by atoms with van der Waals surface area (Å²) in [6.45, 7) is 5.04. The maximum absolute atomic E-state index is 5.28. The smallest absolute Gasteiger partial charge is 0.202 e. The van der Waals surface area contributed by atoms with Gasteiger partial charge in [-0.2, -0.15) is 0 Å². The fraction of sp³-hybridized carbons (Fsp3) is 0.357. The quantitative estimate of drug-likeness (QED) is 0.649. The van der Waals surface area contributed by atoms with Gasteiger partial charge in [0, 0.05) is 18.4 Å². The van der Waals surface area contributed by atoms with Crippen molar-refractivity contribution in [1.29, 1.82) is 0 Å². The fourth-order valence-electron chi connectivity index (χ4n) is 2.00. The lowest BCUT2D eigenvalue weighted by molar-refractivity contribution is 0.413. The minimum absolute atomic E-state index is 0.641. The van der Waals surface area contributed by atoms with Gasteiger partial charge in [-0.3, -0.25) is 0 Å². The largest absolute Gasteiger partial charge is 0.461 e. The summed E-state index contributed by atoms with van der Waals surface area (Å²) in [5.74, 6) is 2.95. The van der Waals surface area contributed by atoms with Crippen LogP contribution in [0.4, 0.5) is 0 Å². The fourth-order valence-corrected chi connectivity index (χ4v) is 2.89. The van der Waals surface area contributed by atoms with E-state index in [1.54, 1.807) is 18.0 Å². The predicted octanol–water partition coefficient (Wildman–Crippen LogP) is 3.54. The molecule has 3 aromatic rings. The first-order valence-electron chi connectivity index (χ1n) is 6.80. The van der Waals surface area contributed by atoms with E-state index >= 15 is 0 Å². The van der Waals surface area contributed by atoms with Crippen LogP contribution in [0.3, 0.4) is 0 Å². The summed E-state index contributed by atoms with van der Waals surface area (Å²) in [4.78, 5) is 0. The Balaban J connectivity index is 1.68. The van der Waals surface area contributed by atoms with Crippen LogP contribution in [-0.2, 0) is 12.3 Å². The number of hydrogen-bond acceptors (Lipinski definition) is 6. The standard InChI is InChI=1S/C14H16N4O2S/c1-3-6-18-10(2)15-16-14(18)21-9-11-8-13(20-17-11)12-5-4-7-19-12/h4-5,7-8H,3,6,9H2,1-2H3. The van der Waals surface area contributed by atoms with Gasteiger partial charge in [-0.25, -0.2) is 0 Å². The van der Waals surface area contributed by atoms with Crippen molar-refractivity contribution in [1.82, 2.24) is 19.9 Å². The van der Waals surface area contributed by atoms with Crippen LogP contribution in [0, 0.1) is 6.92 Å². The van der Waals surface area contributed by atoms with E-state index in [4.69, 9.17) is 8.94 Å². The van der Waals surface area contributed by atoms with Crippen LogP contribution in [0.1, 0.15) is 24.9 Å². The number of thioether (sulfide) groups is 1.